The summed E-state index contributed by atoms with van der Waals surface area (Å²) >= 11 is 2.77. The highest BCUT2D eigenvalue weighted by Crippen LogP contribution is 2.49. The average molecular weight is 684 g/mol. The Kier molecular flexibility index (Phi) is 8.87. The standard InChI is InChI=1S/C32H32F3N7O3S2/c1-31-13-12-19(17-8-10-20-18(15-17)9-11-25(39-20)32(33,34)35)29(45)42(31)23(16-46-31)27(44)40-22(6-4-14-38-30(36)37)26(43)28-41-21-5-2-3-7-24(21)47-28/h2-3,5,7-11,15,19,22-23H,4,6,12-14,16H2,1H3,(H,40,44)(H4,36,37,38)/t19-,22?,23-,31-/m0/s1. The lowest BCUT2D eigenvalue weighted by atomic mass is 9.85. The summed E-state index contributed by atoms with van der Waals surface area (Å²) in [6, 6.07) is 12.7. The number of pyridine rings is 1. The van der Waals surface area contributed by atoms with Gasteiger partial charge in [-0.1, -0.05) is 24.3 Å². The minimum absolute atomic E-state index is 0.0720. The number of hydrogen-bond donors (Lipinski definition) is 3. The number of Topliss-reactive ketones (excluding diaryl/α,β-unsaturated/α-hetero) is 1. The molecule has 0 spiro atoms. The molecule has 4 aromatic rings. The molecule has 47 heavy (non-hydrogen) atoms. The number of guanidine groups is 1. The van der Waals surface area contributed by atoms with Crippen LogP contribution in [0.25, 0.3) is 21.1 Å². The molecule has 1 unspecified atom stereocenters. The Hall–Kier alpha value is -4.24. The number of amides is 2. The number of thioether (sulfide) groups is 1. The lowest BCUT2D eigenvalue weighted by Crippen LogP contribution is -2.59. The number of piperidine rings is 1. The number of carbonyl (C=O) groups excluding carboxylic acids is 3. The molecule has 4 atom stereocenters. The summed E-state index contributed by atoms with van der Waals surface area (Å²) in [5, 5.41) is 3.67. The van der Waals surface area contributed by atoms with Crippen LogP contribution in [0.1, 0.15) is 59.6 Å². The summed E-state index contributed by atoms with van der Waals surface area (Å²) in [6.07, 6.45) is -2.77. The van der Waals surface area contributed by atoms with Gasteiger partial charge < -0.3 is 21.7 Å². The molecule has 4 heterocycles. The van der Waals surface area contributed by atoms with E-state index in [1.165, 1.54) is 35.2 Å². The van der Waals surface area contributed by atoms with E-state index in [1.54, 1.807) is 17.0 Å². The lowest BCUT2D eigenvalue weighted by Gasteiger charge is -2.44. The van der Waals surface area contributed by atoms with Gasteiger partial charge in [-0.2, -0.15) is 13.2 Å². The zero-order valence-corrected chi connectivity index (χ0v) is 26.9. The molecule has 15 heteroatoms. The van der Waals surface area contributed by atoms with Crippen LogP contribution in [0.3, 0.4) is 0 Å². The SMILES string of the molecule is C[C@]12CC[C@@H](c3ccc4nc(C(F)(F)F)ccc4c3)C(=O)N1[C@H](C(=O)NC(CCCN=C(N)N)C(=O)c1nc3ccccc3s1)CS2. The van der Waals surface area contributed by atoms with Crippen LogP contribution in [-0.2, 0) is 15.8 Å². The number of nitrogens with zero attached hydrogens (tertiary/aromatic N) is 4. The zero-order chi connectivity index (χ0) is 33.5. The van der Waals surface area contributed by atoms with Gasteiger partial charge in [-0.25, -0.2) is 9.97 Å². The third kappa shape index (κ3) is 6.63. The van der Waals surface area contributed by atoms with Crippen molar-refractivity contribution in [1.29, 1.82) is 0 Å². The average Bonchev–Trinajstić information content (AvgIpc) is 3.63. The quantitative estimate of drug-likeness (QED) is 0.0981. The molecule has 2 aromatic heterocycles. The van der Waals surface area contributed by atoms with Crippen LogP contribution in [0.2, 0.25) is 0 Å². The molecular weight excluding hydrogens is 652 g/mol. The summed E-state index contributed by atoms with van der Waals surface area (Å²) in [7, 11) is 0. The summed E-state index contributed by atoms with van der Waals surface area (Å²) in [5.41, 5.74) is 11.4. The van der Waals surface area contributed by atoms with E-state index in [0.717, 1.165) is 10.8 Å². The van der Waals surface area contributed by atoms with Gasteiger partial charge in [-0.15, -0.1) is 23.1 Å². The second-order valence-electron chi connectivity index (χ2n) is 11.8. The van der Waals surface area contributed by atoms with Gasteiger partial charge in [0.1, 0.15) is 11.7 Å². The minimum atomic E-state index is -4.57. The van der Waals surface area contributed by atoms with Crippen LogP contribution in [0, 0.1) is 0 Å². The van der Waals surface area contributed by atoms with Crippen molar-refractivity contribution in [1.82, 2.24) is 20.2 Å². The first-order valence-corrected chi connectivity index (χ1v) is 16.8. The van der Waals surface area contributed by atoms with Gasteiger partial charge in [0.15, 0.2) is 11.0 Å². The predicted molar refractivity (Wildman–Crippen MR) is 176 cm³/mol. The topological polar surface area (TPSA) is 157 Å². The van der Waals surface area contributed by atoms with Crippen molar-refractivity contribution in [3.63, 3.8) is 0 Å². The molecule has 0 aliphatic carbocycles. The summed E-state index contributed by atoms with van der Waals surface area (Å²) in [5.74, 6) is -1.35. The molecule has 2 aliphatic rings. The molecule has 10 nitrogen and oxygen atoms in total. The molecule has 5 N–H and O–H groups in total. The minimum Gasteiger partial charge on any atom is -0.370 e. The molecule has 2 fully saturated rings. The van der Waals surface area contributed by atoms with Crippen molar-refractivity contribution in [2.24, 2.45) is 16.5 Å². The predicted octanol–water partition coefficient (Wildman–Crippen LogP) is 4.82. The lowest BCUT2D eigenvalue weighted by molar-refractivity contribution is -0.146. The monoisotopic (exact) mass is 683 g/mol. The second-order valence-corrected chi connectivity index (χ2v) is 14.3. The van der Waals surface area contributed by atoms with Crippen LogP contribution in [0.15, 0.2) is 59.6 Å². The van der Waals surface area contributed by atoms with Crippen molar-refractivity contribution in [2.75, 3.05) is 12.3 Å². The molecular formula is C32H32F3N7O3S2. The zero-order valence-electron chi connectivity index (χ0n) is 25.3. The molecule has 0 bridgehead atoms. The second kappa shape index (κ2) is 12.8. The van der Waals surface area contributed by atoms with E-state index in [0.29, 0.717) is 41.5 Å². The number of rotatable bonds is 9. The van der Waals surface area contributed by atoms with Gasteiger partial charge >= 0.3 is 6.18 Å². The van der Waals surface area contributed by atoms with Crippen molar-refractivity contribution >= 4 is 67.8 Å². The Bertz CT molecular complexity index is 1860. The fourth-order valence-electron chi connectivity index (χ4n) is 6.20. The number of nitrogens with one attached hydrogen (secondary N) is 1. The molecule has 2 aliphatic heterocycles. The number of benzene rings is 2. The van der Waals surface area contributed by atoms with Crippen LogP contribution in [0.5, 0.6) is 0 Å². The van der Waals surface area contributed by atoms with Gasteiger partial charge in [0.25, 0.3) is 0 Å². The van der Waals surface area contributed by atoms with Crippen LogP contribution < -0.4 is 16.8 Å². The third-order valence-corrected chi connectivity index (χ3v) is 11.2. The van der Waals surface area contributed by atoms with E-state index in [-0.39, 0.29) is 41.1 Å². The number of hydrogen-bond acceptors (Lipinski definition) is 8. The highest BCUT2D eigenvalue weighted by atomic mass is 32.2. The van der Waals surface area contributed by atoms with E-state index in [1.807, 2.05) is 31.2 Å². The maximum Gasteiger partial charge on any atom is 0.433 e. The number of carbonyl (C=O) groups is 3. The number of para-hydroxylation sites is 1. The number of thiazole rings is 1. The number of aliphatic imine (C=N–C) groups is 1. The number of aromatic nitrogens is 2. The summed E-state index contributed by atoms with van der Waals surface area (Å²) < 4.78 is 40.4. The number of ketones is 1. The van der Waals surface area contributed by atoms with Crippen LogP contribution in [0.4, 0.5) is 13.2 Å². The van der Waals surface area contributed by atoms with Gasteiger partial charge in [0.05, 0.1) is 32.6 Å². The molecule has 246 valence electrons. The summed E-state index contributed by atoms with van der Waals surface area (Å²) in [6.45, 7) is 2.20. The van der Waals surface area contributed by atoms with Crippen LogP contribution >= 0.6 is 23.1 Å². The van der Waals surface area contributed by atoms with Crippen molar-refractivity contribution in [2.45, 2.75) is 61.7 Å². The van der Waals surface area contributed by atoms with Gasteiger partial charge in [-0.05, 0) is 68.5 Å². The first-order valence-electron chi connectivity index (χ1n) is 15.0. The van der Waals surface area contributed by atoms with Crippen molar-refractivity contribution in [3.8, 4) is 0 Å². The highest BCUT2D eigenvalue weighted by molar-refractivity contribution is 8.00. The maximum absolute atomic E-state index is 14.1. The third-order valence-electron chi connectivity index (χ3n) is 8.60. The Balaban J connectivity index is 1.23. The smallest absolute Gasteiger partial charge is 0.370 e. The van der Waals surface area contributed by atoms with E-state index >= 15 is 0 Å². The largest absolute Gasteiger partial charge is 0.433 e. The van der Waals surface area contributed by atoms with Crippen molar-refractivity contribution < 1.29 is 27.6 Å². The Labute approximate surface area is 276 Å². The molecule has 0 saturated carbocycles. The Morgan fingerprint density at radius 1 is 1.13 bits per heavy atom. The van der Waals surface area contributed by atoms with E-state index in [9.17, 15) is 27.6 Å². The fraction of sp³-hybridized carbons (Fsp3) is 0.375. The number of nitrogens with two attached hydrogens (primary N) is 2. The van der Waals surface area contributed by atoms with E-state index in [2.05, 4.69) is 20.3 Å². The number of fused-ring (bicyclic) bond motifs is 3. The Morgan fingerprint density at radius 3 is 2.66 bits per heavy atom. The highest BCUT2D eigenvalue weighted by Gasteiger charge is 2.54. The van der Waals surface area contributed by atoms with Gasteiger partial charge in [0, 0.05) is 17.7 Å². The van der Waals surface area contributed by atoms with Gasteiger partial charge in [0.2, 0.25) is 17.6 Å². The number of alkyl halides is 3. The van der Waals surface area contributed by atoms with Crippen molar-refractivity contribution in [3.05, 3.63) is 70.9 Å². The summed E-state index contributed by atoms with van der Waals surface area (Å²) in [4.78, 5) is 55.0. The van der Waals surface area contributed by atoms with Gasteiger partial charge in [-0.3, -0.25) is 19.4 Å². The van der Waals surface area contributed by atoms with Crippen LogP contribution in [-0.4, -0.2) is 67.7 Å². The number of halogens is 3. The first-order chi connectivity index (χ1) is 22.3. The first kappa shape index (κ1) is 32.7. The molecule has 2 amide bonds. The maximum atomic E-state index is 14.1. The molecule has 6 rings (SSSR count). The molecule has 2 aromatic carbocycles. The van der Waals surface area contributed by atoms with E-state index in [4.69, 9.17) is 11.5 Å². The normalized spacial score (nSPS) is 21.9. The van der Waals surface area contributed by atoms with E-state index < -0.39 is 40.6 Å². The Morgan fingerprint density at radius 2 is 1.91 bits per heavy atom. The molecule has 2 saturated heterocycles. The fourth-order valence-corrected chi connectivity index (χ4v) is 8.60. The molecule has 0 radical (unpaired) electrons.